The van der Waals surface area contributed by atoms with E-state index in [2.05, 4.69) is 26.5 Å². The average Bonchev–Trinajstić information content (AvgIpc) is 2.83. The van der Waals surface area contributed by atoms with Gasteiger partial charge in [-0.25, -0.2) is 4.99 Å². The van der Waals surface area contributed by atoms with Crippen LogP contribution in [-0.4, -0.2) is 11.5 Å². The third-order valence-electron chi connectivity index (χ3n) is 3.95. The van der Waals surface area contributed by atoms with Gasteiger partial charge in [0.2, 0.25) is 0 Å². The summed E-state index contributed by atoms with van der Waals surface area (Å²) >= 11 is 15.6. The summed E-state index contributed by atoms with van der Waals surface area (Å²) in [5.74, 6) is 0.661. The van der Waals surface area contributed by atoms with Crippen molar-refractivity contribution in [3.8, 4) is 0 Å². The monoisotopic (exact) mass is 443 g/mol. The van der Waals surface area contributed by atoms with Crippen LogP contribution in [0.15, 0.2) is 81.3 Å². The number of nitrogens with zero attached hydrogens (tertiary/aromatic N) is 2. The maximum Gasteiger partial charge on any atom is 0.154 e. The van der Waals surface area contributed by atoms with E-state index in [1.807, 2.05) is 66.7 Å². The second kappa shape index (κ2) is 7.23. The van der Waals surface area contributed by atoms with Crippen molar-refractivity contribution in [2.75, 3.05) is 0 Å². The zero-order valence-corrected chi connectivity index (χ0v) is 16.5. The van der Waals surface area contributed by atoms with Gasteiger partial charge in [-0.1, -0.05) is 51.3 Å². The Morgan fingerprint density at radius 3 is 2.04 bits per heavy atom. The highest BCUT2D eigenvalue weighted by Crippen LogP contribution is 2.29. The SMILES string of the molecule is Clc1ccc(C2=Nc3ccc(Br)cc3C(c3ccc(Cl)cc3)=NN2)cc1. The molecule has 3 nitrogen and oxygen atoms in total. The molecule has 0 aromatic heterocycles. The van der Waals surface area contributed by atoms with Gasteiger partial charge in [-0.2, -0.15) is 5.10 Å². The first-order valence-electron chi connectivity index (χ1n) is 7.84. The molecule has 1 N–H and O–H groups in total. The van der Waals surface area contributed by atoms with Crippen molar-refractivity contribution in [1.29, 1.82) is 0 Å². The Balaban J connectivity index is 1.85. The second-order valence-electron chi connectivity index (χ2n) is 5.71. The van der Waals surface area contributed by atoms with Gasteiger partial charge < -0.3 is 0 Å². The summed E-state index contributed by atoms with van der Waals surface area (Å²) in [5.41, 5.74) is 7.51. The zero-order valence-electron chi connectivity index (χ0n) is 13.4. The van der Waals surface area contributed by atoms with Crippen molar-refractivity contribution in [3.05, 3.63) is 97.9 Å². The number of nitrogens with one attached hydrogen (secondary N) is 1. The highest BCUT2D eigenvalue weighted by molar-refractivity contribution is 9.10. The van der Waals surface area contributed by atoms with Crippen LogP contribution in [0.25, 0.3) is 0 Å². The maximum atomic E-state index is 6.03. The lowest BCUT2D eigenvalue weighted by molar-refractivity contribution is 1.03. The van der Waals surface area contributed by atoms with Gasteiger partial charge in [0.25, 0.3) is 0 Å². The van der Waals surface area contributed by atoms with Crippen LogP contribution >= 0.6 is 39.1 Å². The Morgan fingerprint density at radius 1 is 0.769 bits per heavy atom. The fraction of sp³-hybridized carbons (Fsp3) is 0. The molecule has 1 heterocycles. The highest BCUT2D eigenvalue weighted by Gasteiger charge is 2.17. The molecule has 0 fully saturated rings. The molecule has 0 amide bonds. The minimum Gasteiger partial charge on any atom is -0.260 e. The number of benzene rings is 3. The predicted octanol–water partition coefficient (Wildman–Crippen LogP) is 6.19. The van der Waals surface area contributed by atoms with E-state index in [9.17, 15) is 0 Å². The van der Waals surface area contributed by atoms with E-state index in [-0.39, 0.29) is 0 Å². The molecule has 0 bridgehead atoms. The summed E-state index contributed by atoms with van der Waals surface area (Å²) in [6.07, 6.45) is 0. The van der Waals surface area contributed by atoms with Gasteiger partial charge in [-0.15, -0.1) is 0 Å². The fourth-order valence-corrected chi connectivity index (χ4v) is 3.29. The minimum atomic E-state index is 0.661. The molecular weight excluding hydrogens is 433 g/mol. The summed E-state index contributed by atoms with van der Waals surface area (Å²) < 4.78 is 0.961. The molecule has 0 radical (unpaired) electrons. The normalized spacial score (nSPS) is 13.2. The van der Waals surface area contributed by atoms with Crippen molar-refractivity contribution >= 4 is 56.4 Å². The van der Waals surface area contributed by atoms with Gasteiger partial charge in [0.15, 0.2) is 5.84 Å². The Bertz CT molecular complexity index is 1030. The molecule has 6 heteroatoms. The topological polar surface area (TPSA) is 36.8 Å². The van der Waals surface area contributed by atoms with E-state index in [0.29, 0.717) is 15.9 Å². The van der Waals surface area contributed by atoms with Gasteiger partial charge in [0.05, 0.1) is 5.69 Å². The molecule has 1 aliphatic rings. The second-order valence-corrected chi connectivity index (χ2v) is 7.50. The average molecular weight is 445 g/mol. The molecule has 0 saturated carbocycles. The lowest BCUT2D eigenvalue weighted by atomic mass is 10.0. The molecule has 128 valence electrons. The predicted molar refractivity (Wildman–Crippen MR) is 112 cm³/mol. The van der Waals surface area contributed by atoms with Crippen molar-refractivity contribution in [2.24, 2.45) is 10.1 Å². The van der Waals surface area contributed by atoms with Crippen LogP contribution in [0.4, 0.5) is 5.69 Å². The van der Waals surface area contributed by atoms with Crippen LogP contribution in [0, 0.1) is 0 Å². The maximum absolute atomic E-state index is 6.03. The number of amidine groups is 1. The van der Waals surface area contributed by atoms with E-state index in [1.54, 1.807) is 0 Å². The zero-order chi connectivity index (χ0) is 18.1. The molecule has 4 rings (SSSR count). The smallest absolute Gasteiger partial charge is 0.154 e. The van der Waals surface area contributed by atoms with Crippen LogP contribution < -0.4 is 5.43 Å². The number of hydrogen-bond acceptors (Lipinski definition) is 3. The first-order chi connectivity index (χ1) is 12.6. The molecular formula is C20H12BrCl2N3. The number of hydrazone groups is 1. The molecule has 3 aromatic rings. The summed E-state index contributed by atoms with van der Waals surface area (Å²) in [7, 11) is 0. The van der Waals surface area contributed by atoms with Crippen molar-refractivity contribution in [3.63, 3.8) is 0 Å². The van der Waals surface area contributed by atoms with E-state index in [1.165, 1.54) is 0 Å². The van der Waals surface area contributed by atoms with E-state index >= 15 is 0 Å². The van der Waals surface area contributed by atoms with E-state index < -0.39 is 0 Å². The largest absolute Gasteiger partial charge is 0.260 e. The summed E-state index contributed by atoms with van der Waals surface area (Å²) in [5, 5.41) is 5.99. The number of rotatable bonds is 2. The first kappa shape index (κ1) is 17.3. The lowest BCUT2D eigenvalue weighted by Gasteiger charge is -2.08. The Labute approximate surface area is 169 Å². The van der Waals surface area contributed by atoms with Crippen LogP contribution in [0.5, 0.6) is 0 Å². The summed E-state index contributed by atoms with van der Waals surface area (Å²) in [6.45, 7) is 0. The van der Waals surface area contributed by atoms with Crippen molar-refractivity contribution < 1.29 is 0 Å². The Hall–Kier alpha value is -2.14. The molecule has 3 aromatic carbocycles. The standard InChI is InChI=1S/C20H12BrCl2N3/c21-14-5-10-18-17(11-14)19(12-1-6-15(22)7-2-12)25-26-20(24-18)13-3-8-16(23)9-4-13/h1-11H,(H,24,26). The van der Waals surface area contributed by atoms with Gasteiger partial charge in [0.1, 0.15) is 5.71 Å². The van der Waals surface area contributed by atoms with Crippen molar-refractivity contribution in [2.45, 2.75) is 0 Å². The van der Waals surface area contributed by atoms with Crippen molar-refractivity contribution in [1.82, 2.24) is 5.43 Å². The van der Waals surface area contributed by atoms with E-state index in [4.69, 9.17) is 28.2 Å². The third-order valence-corrected chi connectivity index (χ3v) is 4.95. The first-order valence-corrected chi connectivity index (χ1v) is 9.39. The quantitative estimate of drug-likeness (QED) is 0.502. The van der Waals surface area contributed by atoms with Crippen LogP contribution in [0.3, 0.4) is 0 Å². The molecule has 26 heavy (non-hydrogen) atoms. The third kappa shape index (κ3) is 3.54. The molecule has 0 aliphatic carbocycles. The number of hydrogen-bond donors (Lipinski definition) is 1. The van der Waals surface area contributed by atoms with Gasteiger partial charge in [-0.3, -0.25) is 5.43 Å². The number of halogens is 3. The molecule has 0 unspecified atom stereocenters. The minimum absolute atomic E-state index is 0.661. The lowest BCUT2D eigenvalue weighted by Crippen LogP contribution is -2.19. The number of fused-ring (bicyclic) bond motifs is 1. The van der Waals surface area contributed by atoms with Gasteiger partial charge >= 0.3 is 0 Å². The number of aliphatic imine (C=N–C) groups is 1. The summed E-state index contributed by atoms with van der Waals surface area (Å²) in [4.78, 5) is 4.77. The van der Waals surface area contributed by atoms with Gasteiger partial charge in [0, 0.05) is 31.2 Å². The Morgan fingerprint density at radius 2 is 1.38 bits per heavy atom. The molecule has 0 atom stereocenters. The molecule has 0 spiro atoms. The highest BCUT2D eigenvalue weighted by atomic mass is 79.9. The van der Waals surface area contributed by atoms with Crippen LogP contribution in [-0.2, 0) is 0 Å². The molecule has 1 aliphatic heterocycles. The van der Waals surface area contributed by atoms with Crippen LogP contribution in [0.1, 0.15) is 16.7 Å². The molecule has 0 saturated heterocycles. The summed E-state index contributed by atoms with van der Waals surface area (Å²) in [6, 6.07) is 21.0. The van der Waals surface area contributed by atoms with Gasteiger partial charge in [-0.05, 0) is 54.6 Å². The Kier molecular flexibility index (Phi) is 4.81. The van der Waals surface area contributed by atoms with E-state index in [0.717, 1.165) is 32.6 Å². The fourth-order valence-electron chi connectivity index (χ4n) is 2.67. The van der Waals surface area contributed by atoms with Crippen LogP contribution in [0.2, 0.25) is 10.0 Å².